The highest BCUT2D eigenvalue weighted by molar-refractivity contribution is 9.10. The highest BCUT2D eigenvalue weighted by Crippen LogP contribution is 2.26. The van der Waals surface area contributed by atoms with Crippen LogP contribution in [0.4, 0.5) is 14.5 Å². The lowest BCUT2D eigenvalue weighted by molar-refractivity contribution is -0.120. The number of carbonyl (C=O) groups is 1. The van der Waals surface area contributed by atoms with Gasteiger partial charge < -0.3 is 15.4 Å². The molecule has 1 fully saturated rings. The Kier molecular flexibility index (Phi) is 5.31. The van der Waals surface area contributed by atoms with Crippen molar-refractivity contribution in [2.75, 3.05) is 25.1 Å². The van der Waals surface area contributed by atoms with Crippen molar-refractivity contribution in [2.45, 2.75) is 18.9 Å². The Morgan fingerprint density at radius 2 is 2.05 bits per heavy atom. The lowest BCUT2D eigenvalue weighted by Crippen LogP contribution is -2.41. The van der Waals surface area contributed by atoms with E-state index in [-0.39, 0.29) is 28.7 Å². The zero-order valence-corrected chi connectivity index (χ0v) is 12.3. The number of anilines is 1. The predicted octanol–water partition coefficient (Wildman–Crippen LogP) is 2.43. The fraction of sp³-hybridized carbons (Fsp3) is 0.462. The molecule has 1 heterocycles. The lowest BCUT2D eigenvalue weighted by Gasteiger charge is -2.23. The van der Waals surface area contributed by atoms with E-state index >= 15 is 0 Å². The smallest absolute Gasteiger partial charge is 0.239 e. The third-order valence-corrected chi connectivity index (χ3v) is 3.64. The van der Waals surface area contributed by atoms with Gasteiger partial charge in [0.05, 0.1) is 12.2 Å². The minimum absolute atomic E-state index is 0.0709. The maximum absolute atomic E-state index is 13.5. The molecule has 0 bridgehead atoms. The average molecular weight is 349 g/mol. The number of hydrogen-bond donors (Lipinski definition) is 2. The van der Waals surface area contributed by atoms with Crippen LogP contribution in [-0.2, 0) is 9.53 Å². The van der Waals surface area contributed by atoms with Gasteiger partial charge in [-0.15, -0.1) is 0 Å². The summed E-state index contributed by atoms with van der Waals surface area (Å²) in [6, 6.07) is 2.00. The van der Waals surface area contributed by atoms with Gasteiger partial charge >= 0.3 is 0 Å². The Balaban J connectivity index is 1.87. The summed E-state index contributed by atoms with van der Waals surface area (Å²) in [6.07, 6.45) is 1.56. The average Bonchev–Trinajstić information content (AvgIpc) is 2.38. The first-order valence-corrected chi connectivity index (χ1v) is 7.11. The molecule has 110 valence electrons. The van der Waals surface area contributed by atoms with Crippen LogP contribution >= 0.6 is 15.9 Å². The summed E-state index contributed by atoms with van der Waals surface area (Å²) in [5.74, 6) is -1.64. The van der Waals surface area contributed by atoms with Crippen molar-refractivity contribution in [3.8, 4) is 0 Å². The molecule has 0 saturated carbocycles. The molecule has 0 atom stereocenters. The summed E-state index contributed by atoms with van der Waals surface area (Å²) in [5.41, 5.74) is 0.0773. The summed E-state index contributed by atoms with van der Waals surface area (Å²) in [4.78, 5) is 11.7. The summed E-state index contributed by atoms with van der Waals surface area (Å²) >= 11 is 3.06. The fourth-order valence-electron chi connectivity index (χ4n) is 2.00. The van der Waals surface area contributed by atoms with Gasteiger partial charge in [0.15, 0.2) is 0 Å². The maximum Gasteiger partial charge on any atom is 0.239 e. The van der Waals surface area contributed by atoms with Crippen LogP contribution in [0.15, 0.2) is 16.6 Å². The van der Waals surface area contributed by atoms with Crippen molar-refractivity contribution in [3.63, 3.8) is 0 Å². The van der Waals surface area contributed by atoms with E-state index in [9.17, 15) is 13.6 Å². The molecule has 0 spiro atoms. The van der Waals surface area contributed by atoms with Crippen molar-refractivity contribution in [1.29, 1.82) is 0 Å². The highest BCUT2D eigenvalue weighted by atomic mass is 79.9. The van der Waals surface area contributed by atoms with Gasteiger partial charge in [-0.1, -0.05) is 0 Å². The van der Waals surface area contributed by atoms with Gasteiger partial charge in [0.1, 0.15) is 11.6 Å². The third-order valence-electron chi connectivity index (χ3n) is 3.02. The number of rotatable bonds is 4. The molecule has 1 aromatic carbocycles. The predicted molar refractivity (Wildman–Crippen MR) is 74.5 cm³/mol. The van der Waals surface area contributed by atoms with Crippen molar-refractivity contribution in [3.05, 3.63) is 28.2 Å². The number of benzene rings is 1. The minimum Gasteiger partial charge on any atom is -0.381 e. The van der Waals surface area contributed by atoms with Gasteiger partial charge in [-0.2, -0.15) is 0 Å². The van der Waals surface area contributed by atoms with Gasteiger partial charge in [0, 0.05) is 29.8 Å². The summed E-state index contributed by atoms with van der Waals surface area (Å²) < 4.78 is 31.9. The molecular formula is C13H15BrF2N2O2. The first-order chi connectivity index (χ1) is 9.56. The van der Waals surface area contributed by atoms with E-state index in [1.54, 1.807) is 0 Å². The zero-order chi connectivity index (χ0) is 14.5. The second-order valence-corrected chi connectivity index (χ2v) is 5.41. The van der Waals surface area contributed by atoms with Crippen molar-refractivity contribution in [1.82, 2.24) is 5.32 Å². The van der Waals surface area contributed by atoms with Crippen LogP contribution in [0.25, 0.3) is 0 Å². The Hall–Kier alpha value is -1.21. The second kappa shape index (κ2) is 6.99. The van der Waals surface area contributed by atoms with Crippen LogP contribution in [0.2, 0.25) is 0 Å². The molecule has 0 aliphatic carbocycles. The first-order valence-electron chi connectivity index (χ1n) is 6.32. The van der Waals surface area contributed by atoms with E-state index in [1.165, 1.54) is 0 Å². The van der Waals surface area contributed by atoms with Crippen LogP contribution in [0.3, 0.4) is 0 Å². The lowest BCUT2D eigenvalue weighted by atomic mass is 10.1. The topological polar surface area (TPSA) is 50.4 Å². The Labute approximate surface area is 124 Å². The number of amides is 1. The van der Waals surface area contributed by atoms with Crippen molar-refractivity contribution in [2.24, 2.45) is 0 Å². The molecule has 2 rings (SSSR count). The number of nitrogens with one attached hydrogen (secondary N) is 2. The molecule has 1 amide bonds. The molecular weight excluding hydrogens is 334 g/mol. The molecule has 0 radical (unpaired) electrons. The first kappa shape index (κ1) is 15.2. The van der Waals surface area contributed by atoms with Crippen LogP contribution < -0.4 is 10.6 Å². The number of halogens is 3. The zero-order valence-electron chi connectivity index (χ0n) is 10.7. The molecule has 1 aromatic rings. The molecule has 20 heavy (non-hydrogen) atoms. The van der Waals surface area contributed by atoms with E-state index in [1.807, 2.05) is 0 Å². The van der Waals surface area contributed by atoms with E-state index < -0.39 is 11.6 Å². The monoisotopic (exact) mass is 348 g/mol. The molecule has 0 unspecified atom stereocenters. The number of ether oxygens (including phenoxy) is 1. The van der Waals surface area contributed by atoms with Crippen molar-refractivity contribution >= 4 is 27.5 Å². The normalized spacial score (nSPS) is 15.9. The molecule has 2 N–H and O–H groups in total. The molecule has 1 aliphatic heterocycles. The number of carbonyl (C=O) groups excluding carboxylic acids is 1. The maximum atomic E-state index is 13.5. The number of hydrogen-bond acceptors (Lipinski definition) is 3. The Morgan fingerprint density at radius 3 is 2.70 bits per heavy atom. The molecule has 1 aliphatic rings. The summed E-state index contributed by atoms with van der Waals surface area (Å²) in [7, 11) is 0. The van der Waals surface area contributed by atoms with Gasteiger partial charge in [-0.05, 0) is 34.8 Å². The second-order valence-electron chi connectivity index (χ2n) is 4.55. The quantitative estimate of drug-likeness (QED) is 0.878. The van der Waals surface area contributed by atoms with Crippen LogP contribution in [0.5, 0.6) is 0 Å². The Morgan fingerprint density at radius 1 is 1.35 bits per heavy atom. The molecule has 4 nitrogen and oxygen atoms in total. The molecule has 0 aromatic heterocycles. The summed E-state index contributed by atoms with van der Waals surface area (Å²) in [5, 5.41) is 5.51. The largest absolute Gasteiger partial charge is 0.381 e. The van der Waals surface area contributed by atoms with Gasteiger partial charge in [-0.25, -0.2) is 8.78 Å². The fourth-order valence-corrected chi connectivity index (χ4v) is 2.55. The standard InChI is InChI=1S/C13H15BrF2N2O2/c14-10-5-8(15)6-11(16)13(10)17-7-12(19)18-9-1-3-20-4-2-9/h5-6,9,17H,1-4,7H2,(H,18,19). The van der Waals surface area contributed by atoms with Crippen LogP contribution in [0.1, 0.15) is 12.8 Å². The highest BCUT2D eigenvalue weighted by Gasteiger charge is 2.16. The van der Waals surface area contributed by atoms with Crippen molar-refractivity contribution < 1.29 is 18.3 Å². The van der Waals surface area contributed by atoms with E-state index in [0.717, 1.165) is 25.0 Å². The third kappa shape index (κ3) is 4.14. The SMILES string of the molecule is O=C(CNc1c(F)cc(F)cc1Br)NC1CCOCC1. The van der Waals surface area contributed by atoms with Gasteiger partial charge in [0.25, 0.3) is 0 Å². The van der Waals surface area contributed by atoms with E-state index in [0.29, 0.717) is 13.2 Å². The van der Waals surface area contributed by atoms with Crippen LogP contribution in [0, 0.1) is 11.6 Å². The minimum atomic E-state index is -0.740. The van der Waals surface area contributed by atoms with Gasteiger partial charge in [-0.3, -0.25) is 4.79 Å². The Bertz CT molecular complexity index is 470. The van der Waals surface area contributed by atoms with Crippen LogP contribution in [-0.4, -0.2) is 31.7 Å². The molecule has 7 heteroatoms. The molecule has 1 saturated heterocycles. The van der Waals surface area contributed by atoms with E-state index in [4.69, 9.17) is 4.74 Å². The van der Waals surface area contributed by atoms with Gasteiger partial charge in [0.2, 0.25) is 5.91 Å². The van der Waals surface area contributed by atoms with E-state index in [2.05, 4.69) is 26.6 Å². The summed E-state index contributed by atoms with van der Waals surface area (Å²) in [6.45, 7) is 1.20.